The van der Waals surface area contributed by atoms with Crippen LogP contribution in [0.1, 0.15) is 5.56 Å². The van der Waals surface area contributed by atoms with E-state index in [0.29, 0.717) is 36.0 Å². The van der Waals surface area contributed by atoms with Crippen LogP contribution in [0.3, 0.4) is 0 Å². The summed E-state index contributed by atoms with van der Waals surface area (Å²) in [5, 5.41) is 9.56. The second kappa shape index (κ2) is 9.47. The molecule has 0 fully saturated rings. The molecule has 0 bridgehead atoms. The fraction of sp³-hybridized carbons (Fsp3) is 0.211. The molecule has 0 unspecified atom stereocenters. The highest BCUT2D eigenvalue weighted by atomic mass is 19.1. The first-order valence-corrected chi connectivity index (χ1v) is 8.57. The zero-order valence-electron chi connectivity index (χ0n) is 15.3. The number of carbonyl (C=O) groups is 1. The number of carbonyl (C=O) groups excluding carboxylic acids is 1. The number of methoxy groups -OCH3 is 1. The normalized spacial score (nSPS) is 10.5. The number of aromatic nitrogens is 3. The number of benzene rings is 1. The van der Waals surface area contributed by atoms with E-state index in [2.05, 4.69) is 20.7 Å². The molecule has 146 valence electrons. The Kier molecular flexibility index (Phi) is 6.53. The molecule has 8 nitrogen and oxygen atoms in total. The summed E-state index contributed by atoms with van der Waals surface area (Å²) in [4.78, 5) is 16.3. The summed E-state index contributed by atoms with van der Waals surface area (Å²) in [5.41, 5.74) is 1.22. The van der Waals surface area contributed by atoms with E-state index in [-0.39, 0.29) is 6.54 Å². The van der Waals surface area contributed by atoms with Gasteiger partial charge in [-0.1, -0.05) is 12.1 Å². The maximum absolute atomic E-state index is 13.3. The molecule has 2 heterocycles. The molecule has 0 aliphatic carbocycles. The summed E-state index contributed by atoms with van der Waals surface area (Å²) in [5.74, 6) is 0.215. The number of urea groups is 1. The van der Waals surface area contributed by atoms with Crippen LogP contribution in [0.5, 0.6) is 11.6 Å². The van der Waals surface area contributed by atoms with Crippen molar-refractivity contribution in [1.29, 1.82) is 0 Å². The molecule has 0 saturated heterocycles. The number of hydrogen-bond acceptors (Lipinski definition) is 5. The first kappa shape index (κ1) is 19.3. The SMILES string of the molecule is COCCn1cc(NC(=O)NCc2cccnc2Oc2cccc(F)c2)cn1. The first-order chi connectivity index (χ1) is 13.6. The lowest BCUT2D eigenvalue weighted by molar-refractivity contribution is 0.183. The third-order valence-electron chi connectivity index (χ3n) is 3.72. The Balaban J connectivity index is 1.57. The molecule has 2 amide bonds. The van der Waals surface area contributed by atoms with E-state index in [0.717, 1.165) is 0 Å². The number of pyridine rings is 1. The van der Waals surface area contributed by atoms with Gasteiger partial charge in [-0.2, -0.15) is 5.10 Å². The van der Waals surface area contributed by atoms with Crippen LogP contribution < -0.4 is 15.4 Å². The Morgan fingerprint density at radius 2 is 2.18 bits per heavy atom. The van der Waals surface area contributed by atoms with Crippen molar-refractivity contribution < 1.29 is 18.7 Å². The predicted octanol–water partition coefficient (Wildman–Crippen LogP) is 3.18. The molecular formula is C19H20FN5O3. The number of amides is 2. The summed E-state index contributed by atoms with van der Waals surface area (Å²) in [6.07, 6.45) is 4.82. The van der Waals surface area contributed by atoms with Crippen molar-refractivity contribution in [2.75, 3.05) is 19.0 Å². The summed E-state index contributed by atoms with van der Waals surface area (Å²) >= 11 is 0. The Labute approximate surface area is 161 Å². The average Bonchev–Trinajstić information content (AvgIpc) is 3.13. The minimum Gasteiger partial charge on any atom is -0.439 e. The van der Waals surface area contributed by atoms with Crippen molar-refractivity contribution >= 4 is 11.7 Å². The number of halogens is 1. The third-order valence-corrected chi connectivity index (χ3v) is 3.72. The molecule has 9 heteroatoms. The van der Waals surface area contributed by atoms with Crippen LogP contribution in [0.25, 0.3) is 0 Å². The molecule has 0 aliphatic rings. The maximum atomic E-state index is 13.3. The Hall–Kier alpha value is -3.46. The quantitative estimate of drug-likeness (QED) is 0.622. The predicted molar refractivity (Wildman–Crippen MR) is 101 cm³/mol. The standard InChI is InChI=1S/C19H20FN5O3/c1-27-9-8-25-13-16(12-23-25)24-19(26)22-11-14-4-3-7-21-18(14)28-17-6-2-5-15(20)10-17/h2-7,10,12-13H,8-9,11H2,1H3,(H2,22,24,26). The molecule has 0 aliphatic heterocycles. The van der Waals surface area contributed by atoms with Gasteiger partial charge in [0.1, 0.15) is 11.6 Å². The minimum atomic E-state index is -0.404. The highest BCUT2D eigenvalue weighted by Crippen LogP contribution is 2.23. The van der Waals surface area contributed by atoms with Crippen LogP contribution in [0.4, 0.5) is 14.9 Å². The van der Waals surface area contributed by atoms with Gasteiger partial charge in [0.05, 0.1) is 25.0 Å². The van der Waals surface area contributed by atoms with Gasteiger partial charge in [-0.05, 0) is 18.2 Å². The van der Waals surface area contributed by atoms with Crippen LogP contribution in [0.2, 0.25) is 0 Å². The number of hydrogen-bond donors (Lipinski definition) is 2. The van der Waals surface area contributed by atoms with Crippen molar-refractivity contribution in [3.63, 3.8) is 0 Å². The van der Waals surface area contributed by atoms with E-state index in [4.69, 9.17) is 9.47 Å². The van der Waals surface area contributed by atoms with Crippen molar-refractivity contribution in [3.05, 3.63) is 66.4 Å². The number of nitrogens with one attached hydrogen (secondary N) is 2. The summed E-state index contributed by atoms with van der Waals surface area (Å²) in [7, 11) is 1.61. The topological polar surface area (TPSA) is 90.3 Å². The number of ether oxygens (including phenoxy) is 2. The molecule has 0 radical (unpaired) electrons. The molecule has 2 N–H and O–H groups in total. The van der Waals surface area contributed by atoms with Gasteiger partial charge >= 0.3 is 6.03 Å². The smallest absolute Gasteiger partial charge is 0.319 e. The molecule has 2 aromatic heterocycles. The van der Waals surface area contributed by atoms with Crippen LogP contribution in [0.15, 0.2) is 55.0 Å². The van der Waals surface area contributed by atoms with Crippen molar-refractivity contribution in [3.8, 4) is 11.6 Å². The zero-order valence-corrected chi connectivity index (χ0v) is 15.3. The average molecular weight is 385 g/mol. The van der Waals surface area contributed by atoms with Gasteiger partial charge in [-0.3, -0.25) is 4.68 Å². The Morgan fingerprint density at radius 1 is 1.29 bits per heavy atom. The van der Waals surface area contributed by atoms with Gasteiger partial charge in [0.25, 0.3) is 0 Å². The van der Waals surface area contributed by atoms with E-state index in [1.807, 2.05) is 0 Å². The first-order valence-electron chi connectivity index (χ1n) is 8.57. The van der Waals surface area contributed by atoms with E-state index in [1.54, 1.807) is 54.6 Å². The largest absolute Gasteiger partial charge is 0.439 e. The van der Waals surface area contributed by atoms with E-state index >= 15 is 0 Å². The van der Waals surface area contributed by atoms with Gasteiger partial charge < -0.3 is 20.1 Å². The second-order valence-corrected chi connectivity index (χ2v) is 5.82. The highest BCUT2D eigenvalue weighted by molar-refractivity contribution is 5.88. The summed E-state index contributed by atoms with van der Waals surface area (Å²) in [6.45, 7) is 1.31. The van der Waals surface area contributed by atoms with Crippen LogP contribution in [-0.2, 0) is 17.8 Å². The lowest BCUT2D eigenvalue weighted by Crippen LogP contribution is -2.28. The number of rotatable bonds is 8. The monoisotopic (exact) mass is 385 g/mol. The van der Waals surface area contributed by atoms with E-state index in [1.165, 1.54) is 12.1 Å². The van der Waals surface area contributed by atoms with E-state index < -0.39 is 11.8 Å². The Morgan fingerprint density at radius 3 is 3.00 bits per heavy atom. The maximum Gasteiger partial charge on any atom is 0.319 e. The summed E-state index contributed by atoms with van der Waals surface area (Å²) in [6, 6.07) is 8.87. The van der Waals surface area contributed by atoms with Crippen LogP contribution in [0, 0.1) is 5.82 Å². The number of anilines is 1. The molecule has 1 aromatic carbocycles. The molecule has 0 saturated carbocycles. The number of nitrogens with zero attached hydrogens (tertiary/aromatic N) is 3. The van der Waals surface area contributed by atoms with Crippen molar-refractivity contribution in [1.82, 2.24) is 20.1 Å². The fourth-order valence-corrected chi connectivity index (χ4v) is 2.38. The second-order valence-electron chi connectivity index (χ2n) is 5.82. The molecule has 28 heavy (non-hydrogen) atoms. The van der Waals surface area contributed by atoms with Gasteiger partial charge in [0.2, 0.25) is 5.88 Å². The fourth-order valence-electron chi connectivity index (χ4n) is 2.38. The van der Waals surface area contributed by atoms with Crippen LogP contribution in [-0.4, -0.2) is 34.5 Å². The molecule has 0 spiro atoms. The van der Waals surface area contributed by atoms with Crippen molar-refractivity contribution in [2.45, 2.75) is 13.1 Å². The highest BCUT2D eigenvalue weighted by Gasteiger charge is 2.09. The molecular weight excluding hydrogens is 365 g/mol. The third kappa shape index (κ3) is 5.52. The Bertz CT molecular complexity index is 931. The molecule has 3 rings (SSSR count). The van der Waals surface area contributed by atoms with Gasteiger partial charge in [-0.25, -0.2) is 14.2 Å². The van der Waals surface area contributed by atoms with Gasteiger partial charge in [0.15, 0.2) is 0 Å². The summed E-state index contributed by atoms with van der Waals surface area (Å²) < 4.78 is 25.6. The van der Waals surface area contributed by atoms with Gasteiger partial charge in [0, 0.05) is 37.7 Å². The molecule has 3 aromatic rings. The zero-order chi connectivity index (χ0) is 19.8. The minimum absolute atomic E-state index is 0.183. The lowest BCUT2D eigenvalue weighted by Gasteiger charge is -2.11. The van der Waals surface area contributed by atoms with Crippen molar-refractivity contribution in [2.24, 2.45) is 0 Å². The molecule has 0 atom stereocenters. The van der Waals surface area contributed by atoms with Crippen LogP contribution >= 0.6 is 0 Å². The lowest BCUT2D eigenvalue weighted by atomic mass is 10.2. The van der Waals surface area contributed by atoms with Gasteiger partial charge in [-0.15, -0.1) is 0 Å². The van der Waals surface area contributed by atoms with E-state index in [9.17, 15) is 9.18 Å².